The summed E-state index contributed by atoms with van der Waals surface area (Å²) < 4.78 is 5.32. The summed E-state index contributed by atoms with van der Waals surface area (Å²) in [6.45, 7) is 9.61. The van der Waals surface area contributed by atoms with Gasteiger partial charge in [-0.05, 0) is 31.1 Å². The van der Waals surface area contributed by atoms with E-state index in [1.54, 1.807) is 0 Å². The van der Waals surface area contributed by atoms with Gasteiger partial charge in [0.15, 0.2) is 0 Å². The number of nitrogens with two attached hydrogens (primary N) is 1. The number of hydrogen-bond acceptors (Lipinski definition) is 3. The van der Waals surface area contributed by atoms with Crippen LogP contribution in [0.2, 0.25) is 0 Å². The standard InChI is InChI=1S/C13H26N2O2/c1-9(10-5-7-17-8-6-10)15-12(16)11(14)13(2,3)4/h9-11H,5-8,14H2,1-4H3,(H,15,16). The van der Waals surface area contributed by atoms with Crippen LogP contribution in [0.3, 0.4) is 0 Å². The van der Waals surface area contributed by atoms with Crippen LogP contribution in [-0.4, -0.2) is 31.2 Å². The van der Waals surface area contributed by atoms with Crippen molar-refractivity contribution in [3.63, 3.8) is 0 Å². The molecule has 1 aliphatic rings. The lowest BCUT2D eigenvalue weighted by Crippen LogP contribution is -2.52. The second-order valence-corrected chi connectivity index (χ2v) is 6.09. The Morgan fingerprint density at radius 3 is 2.35 bits per heavy atom. The first-order valence-corrected chi connectivity index (χ1v) is 6.46. The van der Waals surface area contributed by atoms with Crippen molar-refractivity contribution < 1.29 is 9.53 Å². The molecule has 0 aromatic carbocycles. The van der Waals surface area contributed by atoms with Crippen molar-refractivity contribution in [1.29, 1.82) is 0 Å². The molecule has 1 rings (SSSR count). The Kier molecular flexibility index (Phi) is 4.95. The van der Waals surface area contributed by atoms with Crippen LogP contribution in [0, 0.1) is 11.3 Å². The molecule has 2 atom stereocenters. The Hall–Kier alpha value is -0.610. The molecule has 4 heteroatoms. The highest BCUT2D eigenvalue weighted by molar-refractivity contribution is 5.82. The molecule has 1 amide bonds. The maximum Gasteiger partial charge on any atom is 0.237 e. The fraction of sp³-hybridized carbons (Fsp3) is 0.923. The van der Waals surface area contributed by atoms with E-state index >= 15 is 0 Å². The minimum atomic E-state index is -0.454. The molecule has 0 aromatic rings. The summed E-state index contributed by atoms with van der Waals surface area (Å²) in [6.07, 6.45) is 2.04. The molecule has 0 radical (unpaired) electrons. The van der Waals surface area contributed by atoms with Crippen molar-refractivity contribution in [1.82, 2.24) is 5.32 Å². The quantitative estimate of drug-likeness (QED) is 0.784. The van der Waals surface area contributed by atoms with E-state index in [1.165, 1.54) is 0 Å². The smallest absolute Gasteiger partial charge is 0.237 e. The molecular weight excluding hydrogens is 216 g/mol. The number of nitrogens with one attached hydrogen (secondary N) is 1. The second kappa shape index (κ2) is 5.83. The van der Waals surface area contributed by atoms with E-state index in [9.17, 15) is 4.79 Å². The van der Waals surface area contributed by atoms with Crippen molar-refractivity contribution in [2.45, 2.75) is 52.6 Å². The zero-order chi connectivity index (χ0) is 13.1. The molecule has 1 heterocycles. The van der Waals surface area contributed by atoms with E-state index < -0.39 is 6.04 Å². The predicted octanol–water partition coefficient (Wildman–Crippen LogP) is 1.29. The van der Waals surface area contributed by atoms with Crippen molar-refractivity contribution in [2.75, 3.05) is 13.2 Å². The second-order valence-electron chi connectivity index (χ2n) is 6.09. The first kappa shape index (κ1) is 14.5. The van der Waals surface area contributed by atoms with E-state index in [0.29, 0.717) is 5.92 Å². The van der Waals surface area contributed by atoms with E-state index in [4.69, 9.17) is 10.5 Å². The largest absolute Gasteiger partial charge is 0.381 e. The number of carbonyl (C=O) groups excluding carboxylic acids is 1. The molecule has 100 valence electrons. The summed E-state index contributed by atoms with van der Waals surface area (Å²) in [5, 5.41) is 3.04. The van der Waals surface area contributed by atoms with Crippen molar-refractivity contribution in [3.8, 4) is 0 Å². The first-order chi connectivity index (χ1) is 7.82. The Morgan fingerprint density at radius 1 is 1.35 bits per heavy atom. The lowest BCUT2D eigenvalue weighted by atomic mass is 9.86. The van der Waals surface area contributed by atoms with E-state index in [2.05, 4.69) is 12.2 Å². The van der Waals surface area contributed by atoms with Gasteiger partial charge in [-0.15, -0.1) is 0 Å². The number of amides is 1. The zero-order valence-corrected chi connectivity index (χ0v) is 11.5. The van der Waals surface area contributed by atoms with Gasteiger partial charge in [-0.3, -0.25) is 4.79 Å². The van der Waals surface area contributed by atoms with Crippen molar-refractivity contribution in [3.05, 3.63) is 0 Å². The average molecular weight is 242 g/mol. The average Bonchev–Trinajstić information content (AvgIpc) is 2.27. The third-order valence-corrected chi connectivity index (χ3v) is 3.56. The van der Waals surface area contributed by atoms with Gasteiger partial charge in [-0.2, -0.15) is 0 Å². The topological polar surface area (TPSA) is 64.4 Å². The Balaban J connectivity index is 2.44. The lowest BCUT2D eigenvalue weighted by molar-refractivity contribution is -0.125. The summed E-state index contributed by atoms with van der Waals surface area (Å²) in [6, 6.07) is -0.274. The fourth-order valence-corrected chi connectivity index (χ4v) is 2.04. The lowest BCUT2D eigenvalue weighted by Gasteiger charge is -2.31. The third kappa shape index (κ3) is 4.28. The molecule has 1 saturated heterocycles. The summed E-state index contributed by atoms with van der Waals surface area (Å²) in [4.78, 5) is 12.0. The molecule has 0 spiro atoms. The maximum absolute atomic E-state index is 12.0. The SMILES string of the molecule is CC(NC(=O)C(N)C(C)(C)C)C1CCOCC1. The van der Waals surface area contributed by atoms with Gasteiger partial charge in [-0.25, -0.2) is 0 Å². The van der Waals surface area contributed by atoms with Gasteiger partial charge in [0.25, 0.3) is 0 Å². The minimum absolute atomic E-state index is 0.0449. The van der Waals surface area contributed by atoms with Crippen LogP contribution in [0.5, 0.6) is 0 Å². The van der Waals surface area contributed by atoms with Crippen LogP contribution < -0.4 is 11.1 Å². The van der Waals surface area contributed by atoms with Crippen LogP contribution >= 0.6 is 0 Å². The van der Waals surface area contributed by atoms with Gasteiger partial charge in [-0.1, -0.05) is 20.8 Å². The molecule has 17 heavy (non-hydrogen) atoms. The summed E-state index contributed by atoms with van der Waals surface area (Å²) >= 11 is 0. The molecular formula is C13H26N2O2. The van der Waals surface area contributed by atoms with Gasteiger partial charge in [0.1, 0.15) is 0 Å². The molecule has 1 aliphatic heterocycles. The van der Waals surface area contributed by atoms with Crippen LogP contribution in [0.1, 0.15) is 40.5 Å². The van der Waals surface area contributed by atoms with E-state index in [-0.39, 0.29) is 17.4 Å². The Morgan fingerprint density at radius 2 is 1.88 bits per heavy atom. The molecule has 1 fully saturated rings. The predicted molar refractivity (Wildman–Crippen MR) is 68.6 cm³/mol. The van der Waals surface area contributed by atoms with Crippen LogP contribution in [-0.2, 0) is 9.53 Å². The highest BCUT2D eigenvalue weighted by Gasteiger charge is 2.30. The van der Waals surface area contributed by atoms with Gasteiger partial charge in [0.2, 0.25) is 5.91 Å². The van der Waals surface area contributed by atoms with Crippen LogP contribution in [0.4, 0.5) is 0 Å². The minimum Gasteiger partial charge on any atom is -0.381 e. The van der Waals surface area contributed by atoms with Gasteiger partial charge in [0, 0.05) is 19.3 Å². The monoisotopic (exact) mass is 242 g/mol. The highest BCUT2D eigenvalue weighted by atomic mass is 16.5. The first-order valence-electron chi connectivity index (χ1n) is 6.46. The fourth-order valence-electron chi connectivity index (χ4n) is 2.04. The number of carbonyl (C=O) groups is 1. The molecule has 0 aromatic heterocycles. The maximum atomic E-state index is 12.0. The van der Waals surface area contributed by atoms with Crippen molar-refractivity contribution in [2.24, 2.45) is 17.1 Å². The van der Waals surface area contributed by atoms with Gasteiger partial charge < -0.3 is 15.8 Å². The normalized spacial score (nSPS) is 21.9. The Bertz CT molecular complexity index is 255. The van der Waals surface area contributed by atoms with Crippen LogP contribution in [0.25, 0.3) is 0 Å². The molecule has 3 N–H and O–H groups in total. The van der Waals surface area contributed by atoms with Gasteiger partial charge >= 0.3 is 0 Å². The number of rotatable bonds is 3. The molecule has 0 aliphatic carbocycles. The highest BCUT2D eigenvalue weighted by Crippen LogP contribution is 2.20. The number of ether oxygens (including phenoxy) is 1. The zero-order valence-electron chi connectivity index (χ0n) is 11.5. The molecule has 0 bridgehead atoms. The molecule has 4 nitrogen and oxygen atoms in total. The summed E-state index contributed by atoms with van der Waals surface area (Å²) in [5.74, 6) is 0.469. The van der Waals surface area contributed by atoms with Gasteiger partial charge in [0.05, 0.1) is 6.04 Å². The number of hydrogen-bond donors (Lipinski definition) is 2. The van der Waals surface area contributed by atoms with E-state index in [0.717, 1.165) is 26.1 Å². The van der Waals surface area contributed by atoms with E-state index in [1.807, 2.05) is 20.8 Å². The third-order valence-electron chi connectivity index (χ3n) is 3.56. The summed E-state index contributed by atoms with van der Waals surface area (Å²) in [5.41, 5.74) is 5.74. The Labute approximate surface area is 104 Å². The summed E-state index contributed by atoms with van der Waals surface area (Å²) in [7, 11) is 0. The molecule has 2 unspecified atom stereocenters. The van der Waals surface area contributed by atoms with Crippen molar-refractivity contribution >= 4 is 5.91 Å². The van der Waals surface area contributed by atoms with Crippen LogP contribution in [0.15, 0.2) is 0 Å². The molecule has 0 saturated carbocycles.